The maximum Gasteiger partial charge on any atom is 0.341 e. The summed E-state index contributed by atoms with van der Waals surface area (Å²) in [6.45, 7) is 3.35. The molecule has 0 saturated heterocycles. The van der Waals surface area contributed by atoms with Crippen LogP contribution in [0.4, 0.5) is 16.4 Å². The molecule has 0 saturated carbocycles. The smallest absolute Gasteiger partial charge is 0.341 e. The van der Waals surface area contributed by atoms with Gasteiger partial charge in [0.15, 0.2) is 0 Å². The first-order valence-electron chi connectivity index (χ1n) is 9.11. The number of nitro groups is 2. The van der Waals surface area contributed by atoms with Crippen molar-refractivity contribution in [2.75, 3.05) is 12.4 Å². The highest BCUT2D eigenvalue weighted by atomic mass is 32.1. The van der Waals surface area contributed by atoms with E-state index < -0.39 is 33.1 Å². The number of thiophene rings is 1. The Kier molecular flexibility index (Phi) is 5.83. The van der Waals surface area contributed by atoms with Gasteiger partial charge in [0, 0.05) is 17.0 Å². The molecule has 0 fully saturated rings. The number of hydrogen-bond acceptors (Lipinski definition) is 8. The minimum atomic E-state index is -0.780. The number of nitro benzene ring substituents is 2. The van der Waals surface area contributed by atoms with Crippen molar-refractivity contribution in [3.8, 4) is 0 Å². The first-order chi connectivity index (χ1) is 14.1. The highest BCUT2D eigenvalue weighted by molar-refractivity contribution is 7.17. The Balaban J connectivity index is 2.04. The van der Waals surface area contributed by atoms with Gasteiger partial charge in [-0.2, -0.15) is 0 Å². The average molecular weight is 433 g/mol. The Hall–Kier alpha value is -3.34. The van der Waals surface area contributed by atoms with E-state index in [1.165, 1.54) is 25.4 Å². The molecule has 1 N–H and O–H groups in total. The number of anilines is 1. The molecule has 0 bridgehead atoms. The van der Waals surface area contributed by atoms with Crippen molar-refractivity contribution in [1.29, 1.82) is 0 Å². The van der Waals surface area contributed by atoms with Crippen molar-refractivity contribution < 1.29 is 24.2 Å². The van der Waals surface area contributed by atoms with Crippen LogP contribution in [0.15, 0.2) is 12.1 Å². The fourth-order valence-corrected chi connectivity index (χ4v) is 4.92. The molecule has 1 aromatic heterocycles. The molecular weight excluding hydrogens is 414 g/mol. The topological polar surface area (TPSA) is 142 Å². The maximum absolute atomic E-state index is 12.8. The van der Waals surface area contributed by atoms with Crippen molar-refractivity contribution in [3.63, 3.8) is 0 Å². The van der Waals surface area contributed by atoms with Crippen molar-refractivity contribution in [2.24, 2.45) is 5.92 Å². The Morgan fingerprint density at radius 1 is 1.20 bits per heavy atom. The Morgan fingerprint density at radius 2 is 1.80 bits per heavy atom. The van der Waals surface area contributed by atoms with Crippen LogP contribution >= 0.6 is 11.3 Å². The molecule has 1 aliphatic rings. The van der Waals surface area contributed by atoms with Crippen LogP contribution in [0, 0.1) is 33.1 Å². The lowest BCUT2D eigenvalue weighted by atomic mass is 9.88. The Morgan fingerprint density at radius 3 is 2.33 bits per heavy atom. The minimum Gasteiger partial charge on any atom is -0.465 e. The quantitative estimate of drug-likeness (QED) is 0.426. The van der Waals surface area contributed by atoms with Gasteiger partial charge in [-0.25, -0.2) is 4.79 Å². The van der Waals surface area contributed by atoms with E-state index in [-0.39, 0.29) is 21.7 Å². The van der Waals surface area contributed by atoms with E-state index >= 15 is 0 Å². The number of amides is 1. The summed E-state index contributed by atoms with van der Waals surface area (Å²) >= 11 is 1.26. The van der Waals surface area contributed by atoms with Gasteiger partial charge in [-0.3, -0.25) is 25.0 Å². The van der Waals surface area contributed by atoms with E-state index in [1.807, 2.05) is 0 Å². The number of ether oxygens (including phenoxy) is 1. The zero-order valence-electron chi connectivity index (χ0n) is 16.5. The molecule has 0 spiro atoms. The predicted molar refractivity (Wildman–Crippen MR) is 109 cm³/mol. The molecule has 1 amide bonds. The van der Waals surface area contributed by atoms with Crippen LogP contribution in [0.1, 0.15) is 50.1 Å². The molecule has 0 aliphatic heterocycles. The molecule has 1 aromatic carbocycles. The van der Waals surface area contributed by atoms with Crippen LogP contribution < -0.4 is 5.32 Å². The lowest BCUT2D eigenvalue weighted by Crippen LogP contribution is -2.16. The van der Waals surface area contributed by atoms with Gasteiger partial charge in [-0.15, -0.1) is 11.3 Å². The van der Waals surface area contributed by atoms with E-state index in [2.05, 4.69) is 12.2 Å². The number of carbonyl (C=O) groups excluding carboxylic acids is 2. The minimum absolute atomic E-state index is 0.141. The molecule has 3 rings (SSSR count). The average Bonchev–Trinajstić information content (AvgIpc) is 3.03. The number of fused-ring (bicyclic) bond motifs is 1. The highest BCUT2D eigenvalue weighted by Gasteiger charge is 2.30. The van der Waals surface area contributed by atoms with Gasteiger partial charge in [0.25, 0.3) is 17.3 Å². The molecule has 1 unspecified atom stereocenters. The molecule has 2 aromatic rings. The van der Waals surface area contributed by atoms with Gasteiger partial charge in [-0.05, 0) is 37.7 Å². The predicted octanol–water partition coefficient (Wildman–Crippen LogP) is 4.04. The fourth-order valence-electron chi connectivity index (χ4n) is 3.53. The number of nitrogens with one attached hydrogen (secondary N) is 1. The number of rotatable bonds is 5. The molecule has 158 valence electrons. The zero-order chi connectivity index (χ0) is 22.2. The van der Waals surface area contributed by atoms with Crippen LogP contribution in [-0.2, 0) is 17.6 Å². The van der Waals surface area contributed by atoms with E-state index in [1.54, 1.807) is 0 Å². The number of hydrogen-bond donors (Lipinski definition) is 1. The number of carbonyl (C=O) groups is 2. The summed E-state index contributed by atoms with van der Waals surface area (Å²) < 4.78 is 4.87. The fraction of sp³-hybridized carbons (Fsp3) is 0.368. The molecule has 30 heavy (non-hydrogen) atoms. The summed E-state index contributed by atoms with van der Waals surface area (Å²) in [6.07, 6.45) is 2.34. The highest BCUT2D eigenvalue weighted by Crippen LogP contribution is 2.40. The lowest BCUT2D eigenvalue weighted by Gasteiger charge is -2.18. The third-order valence-corrected chi connectivity index (χ3v) is 6.31. The van der Waals surface area contributed by atoms with Gasteiger partial charge in [0.2, 0.25) is 0 Å². The van der Waals surface area contributed by atoms with Crippen LogP contribution in [0.2, 0.25) is 0 Å². The monoisotopic (exact) mass is 433 g/mol. The van der Waals surface area contributed by atoms with Gasteiger partial charge < -0.3 is 10.1 Å². The lowest BCUT2D eigenvalue weighted by molar-refractivity contribution is -0.395. The third kappa shape index (κ3) is 3.88. The zero-order valence-corrected chi connectivity index (χ0v) is 17.3. The van der Waals surface area contributed by atoms with Crippen LogP contribution in [-0.4, -0.2) is 28.8 Å². The molecule has 0 radical (unpaired) electrons. The van der Waals surface area contributed by atoms with Gasteiger partial charge in [-0.1, -0.05) is 6.92 Å². The normalized spacial score (nSPS) is 15.2. The molecule has 1 atom stereocenters. The summed E-state index contributed by atoms with van der Waals surface area (Å²) in [4.78, 5) is 47.1. The van der Waals surface area contributed by atoms with Crippen molar-refractivity contribution in [1.82, 2.24) is 0 Å². The molecule has 1 aliphatic carbocycles. The summed E-state index contributed by atoms with van der Waals surface area (Å²) in [5, 5.41) is 25.4. The number of nitrogens with zero attached hydrogens (tertiary/aromatic N) is 2. The number of esters is 1. The number of methoxy groups -OCH3 is 1. The molecule has 10 nitrogen and oxygen atoms in total. The Labute approximate surface area is 175 Å². The standard InChI is InChI=1S/C19H19N3O7S/c1-9-4-5-12-15(6-9)30-18(16(12)19(24)29-3)20-17(23)11-7-13(21(25)26)10(2)14(8-11)22(27)28/h7-9H,4-6H2,1-3H3,(H,20,23). The first kappa shape index (κ1) is 21.4. The van der Waals surface area contributed by atoms with Crippen molar-refractivity contribution in [3.05, 3.63) is 59.5 Å². The van der Waals surface area contributed by atoms with Crippen molar-refractivity contribution >= 4 is 39.6 Å². The Bertz CT molecular complexity index is 1040. The summed E-state index contributed by atoms with van der Waals surface area (Å²) in [6, 6.07) is 1.98. The summed E-state index contributed by atoms with van der Waals surface area (Å²) in [7, 11) is 1.25. The van der Waals surface area contributed by atoms with Crippen LogP contribution in [0.5, 0.6) is 0 Å². The van der Waals surface area contributed by atoms with Crippen LogP contribution in [0.3, 0.4) is 0 Å². The van der Waals surface area contributed by atoms with E-state index in [0.717, 1.165) is 35.4 Å². The first-order valence-corrected chi connectivity index (χ1v) is 9.93. The van der Waals surface area contributed by atoms with Crippen molar-refractivity contribution in [2.45, 2.75) is 33.1 Å². The second-order valence-corrected chi connectivity index (χ2v) is 8.26. The van der Waals surface area contributed by atoms with Gasteiger partial charge in [0.1, 0.15) is 10.6 Å². The van der Waals surface area contributed by atoms with Gasteiger partial charge in [0.05, 0.1) is 28.1 Å². The summed E-state index contributed by atoms with van der Waals surface area (Å²) in [5.41, 5.74) is -0.328. The van der Waals surface area contributed by atoms with Gasteiger partial charge >= 0.3 is 5.97 Å². The van der Waals surface area contributed by atoms with E-state index in [0.29, 0.717) is 12.3 Å². The second kappa shape index (κ2) is 8.19. The number of benzene rings is 1. The molecular formula is C19H19N3O7S. The second-order valence-electron chi connectivity index (χ2n) is 7.16. The van der Waals surface area contributed by atoms with E-state index in [9.17, 15) is 29.8 Å². The maximum atomic E-state index is 12.8. The molecule has 11 heteroatoms. The van der Waals surface area contributed by atoms with E-state index in [4.69, 9.17) is 4.74 Å². The largest absolute Gasteiger partial charge is 0.465 e. The summed E-state index contributed by atoms with van der Waals surface area (Å²) in [5.74, 6) is -0.927. The SMILES string of the molecule is COC(=O)c1c(NC(=O)c2cc([N+](=O)[O-])c(C)c([N+](=O)[O-])c2)sc2c1CCC(C)C2. The van der Waals surface area contributed by atoms with Crippen LogP contribution in [0.25, 0.3) is 0 Å². The molecule has 1 heterocycles. The third-order valence-electron chi connectivity index (χ3n) is 5.14.